The van der Waals surface area contributed by atoms with Crippen LogP contribution in [0.3, 0.4) is 0 Å². The fourth-order valence-electron chi connectivity index (χ4n) is 2.10. The Balaban J connectivity index is 1.87. The lowest BCUT2D eigenvalue weighted by molar-refractivity contribution is 0.102. The first-order valence-corrected chi connectivity index (χ1v) is 6.58. The Morgan fingerprint density at radius 3 is 2.77 bits per heavy atom. The van der Waals surface area contributed by atoms with E-state index in [1.54, 1.807) is 43.5 Å². The van der Waals surface area contributed by atoms with Crippen molar-refractivity contribution < 1.29 is 18.7 Å². The molecule has 6 heteroatoms. The molecule has 3 rings (SSSR count). The van der Waals surface area contributed by atoms with Gasteiger partial charge in [0.2, 0.25) is 0 Å². The van der Waals surface area contributed by atoms with Crippen LogP contribution < -0.4 is 14.8 Å². The van der Waals surface area contributed by atoms with E-state index in [1.165, 1.54) is 13.5 Å². The van der Waals surface area contributed by atoms with Gasteiger partial charge in [0.05, 0.1) is 19.9 Å². The summed E-state index contributed by atoms with van der Waals surface area (Å²) < 4.78 is 15.5. The second kappa shape index (κ2) is 5.77. The number of anilines is 1. The number of amides is 1. The van der Waals surface area contributed by atoms with E-state index < -0.39 is 0 Å². The van der Waals surface area contributed by atoms with E-state index >= 15 is 0 Å². The summed E-state index contributed by atoms with van der Waals surface area (Å²) in [7, 11) is 3.10. The van der Waals surface area contributed by atoms with Crippen molar-refractivity contribution >= 4 is 22.7 Å². The number of hydrogen-bond acceptors (Lipinski definition) is 5. The summed E-state index contributed by atoms with van der Waals surface area (Å²) in [6.45, 7) is 0. The number of methoxy groups -OCH3 is 2. The van der Waals surface area contributed by atoms with Gasteiger partial charge in [-0.2, -0.15) is 0 Å². The van der Waals surface area contributed by atoms with Gasteiger partial charge < -0.3 is 19.2 Å². The monoisotopic (exact) mass is 298 g/mol. The SMILES string of the molecule is COc1ccc(NC(=O)c2ccc3ocnc3c2)c(OC)c1. The zero-order valence-corrected chi connectivity index (χ0v) is 12.1. The average molecular weight is 298 g/mol. The van der Waals surface area contributed by atoms with E-state index in [0.29, 0.717) is 33.8 Å². The van der Waals surface area contributed by atoms with Crippen LogP contribution in [0, 0.1) is 0 Å². The van der Waals surface area contributed by atoms with Crippen molar-refractivity contribution in [2.75, 3.05) is 19.5 Å². The first-order valence-electron chi connectivity index (χ1n) is 6.58. The minimum Gasteiger partial charge on any atom is -0.497 e. The molecule has 22 heavy (non-hydrogen) atoms. The van der Waals surface area contributed by atoms with Gasteiger partial charge in [-0.15, -0.1) is 0 Å². The van der Waals surface area contributed by atoms with E-state index in [4.69, 9.17) is 13.9 Å². The molecular formula is C16H14N2O4. The fourth-order valence-corrected chi connectivity index (χ4v) is 2.10. The molecule has 6 nitrogen and oxygen atoms in total. The van der Waals surface area contributed by atoms with Gasteiger partial charge in [0.25, 0.3) is 5.91 Å². The highest BCUT2D eigenvalue weighted by Gasteiger charge is 2.12. The molecule has 0 aliphatic rings. The lowest BCUT2D eigenvalue weighted by atomic mass is 10.2. The van der Waals surface area contributed by atoms with Crippen LogP contribution >= 0.6 is 0 Å². The minimum absolute atomic E-state index is 0.256. The maximum atomic E-state index is 12.3. The summed E-state index contributed by atoms with van der Waals surface area (Å²) in [5, 5.41) is 2.81. The van der Waals surface area contributed by atoms with Gasteiger partial charge in [-0.25, -0.2) is 4.98 Å². The molecular weight excluding hydrogens is 284 g/mol. The van der Waals surface area contributed by atoms with Crippen molar-refractivity contribution in [3.05, 3.63) is 48.4 Å². The van der Waals surface area contributed by atoms with Crippen LogP contribution in [-0.4, -0.2) is 25.1 Å². The maximum Gasteiger partial charge on any atom is 0.255 e. The highest BCUT2D eigenvalue weighted by Crippen LogP contribution is 2.29. The van der Waals surface area contributed by atoms with Gasteiger partial charge in [0.1, 0.15) is 17.0 Å². The molecule has 0 aliphatic heterocycles. The molecule has 1 heterocycles. The van der Waals surface area contributed by atoms with E-state index in [1.807, 2.05) is 0 Å². The van der Waals surface area contributed by atoms with Crippen molar-refractivity contribution in [2.45, 2.75) is 0 Å². The van der Waals surface area contributed by atoms with Crippen molar-refractivity contribution in [3.63, 3.8) is 0 Å². The molecule has 112 valence electrons. The fraction of sp³-hybridized carbons (Fsp3) is 0.125. The zero-order valence-electron chi connectivity index (χ0n) is 12.1. The molecule has 0 radical (unpaired) electrons. The topological polar surface area (TPSA) is 73.6 Å². The predicted octanol–water partition coefficient (Wildman–Crippen LogP) is 3.10. The van der Waals surface area contributed by atoms with Crippen molar-refractivity contribution in [3.8, 4) is 11.5 Å². The Morgan fingerprint density at radius 2 is 2.00 bits per heavy atom. The number of nitrogens with zero attached hydrogens (tertiary/aromatic N) is 1. The highest BCUT2D eigenvalue weighted by molar-refractivity contribution is 6.06. The Hall–Kier alpha value is -3.02. The number of carbonyl (C=O) groups excluding carboxylic acids is 1. The van der Waals surface area contributed by atoms with Gasteiger partial charge in [-0.3, -0.25) is 4.79 Å². The first kappa shape index (κ1) is 13.9. The molecule has 0 unspecified atom stereocenters. The van der Waals surface area contributed by atoms with Gasteiger partial charge in [-0.1, -0.05) is 0 Å². The van der Waals surface area contributed by atoms with E-state index in [-0.39, 0.29) is 5.91 Å². The average Bonchev–Trinajstić information content (AvgIpc) is 3.02. The van der Waals surface area contributed by atoms with Gasteiger partial charge in [0, 0.05) is 11.6 Å². The zero-order chi connectivity index (χ0) is 15.5. The molecule has 1 N–H and O–H groups in total. The molecule has 0 atom stereocenters. The number of nitrogens with one attached hydrogen (secondary N) is 1. The van der Waals surface area contributed by atoms with Crippen LogP contribution in [0.15, 0.2) is 47.2 Å². The number of fused-ring (bicyclic) bond motifs is 1. The summed E-state index contributed by atoms with van der Waals surface area (Å²) in [5.74, 6) is 0.919. The quantitative estimate of drug-likeness (QED) is 0.801. The summed E-state index contributed by atoms with van der Waals surface area (Å²) in [6, 6.07) is 10.2. The molecule has 0 spiro atoms. The Morgan fingerprint density at radius 1 is 1.14 bits per heavy atom. The number of oxazole rings is 1. The van der Waals surface area contributed by atoms with Crippen LogP contribution in [0.4, 0.5) is 5.69 Å². The van der Waals surface area contributed by atoms with Crippen molar-refractivity contribution in [2.24, 2.45) is 0 Å². The third-order valence-electron chi connectivity index (χ3n) is 3.25. The predicted molar refractivity (Wildman–Crippen MR) is 81.5 cm³/mol. The number of aromatic nitrogens is 1. The lowest BCUT2D eigenvalue weighted by Crippen LogP contribution is -2.12. The number of rotatable bonds is 4. The number of hydrogen-bond donors (Lipinski definition) is 1. The molecule has 2 aromatic carbocycles. The molecule has 0 bridgehead atoms. The molecule has 0 fully saturated rings. The summed E-state index contributed by atoms with van der Waals surface area (Å²) in [5.41, 5.74) is 2.32. The Labute approximate surface area is 126 Å². The van der Waals surface area contributed by atoms with Crippen LogP contribution in [0.2, 0.25) is 0 Å². The van der Waals surface area contributed by atoms with Crippen LogP contribution in [0.25, 0.3) is 11.1 Å². The Kier molecular flexibility index (Phi) is 3.65. The highest BCUT2D eigenvalue weighted by atomic mass is 16.5. The normalized spacial score (nSPS) is 10.5. The number of benzene rings is 2. The summed E-state index contributed by atoms with van der Waals surface area (Å²) in [4.78, 5) is 16.4. The van der Waals surface area contributed by atoms with E-state index in [0.717, 1.165) is 0 Å². The smallest absolute Gasteiger partial charge is 0.255 e. The van der Waals surface area contributed by atoms with Crippen LogP contribution in [0.1, 0.15) is 10.4 Å². The first-order chi connectivity index (χ1) is 10.7. The van der Waals surface area contributed by atoms with Crippen molar-refractivity contribution in [1.82, 2.24) is 4.98 Å². The van der Waals surface area contributed by atoms with Crippen LogP contribution in [-0.2, 0) is 0 Å². The molecule has 0 saturated heterocycles. The third-order valence-corrected chi connectivity index (χ3v) is 3.25. The van der Waals surface area contributed by atoms with Gasteiger partial charge in [-0.05, 0) is 30.3 Å². The van der Waals surface area contributed by atoms with Gasteiger partial charge in [0.15, 0.2) is 12.0 Å². The molecule has 0 aliphatic carbocycles. The second-order valence-electron chi connectivity index (χ2n) is 4.56. The number of carbonyl (C=O) groups is 1. The van der Waals surface area contributed by atoms with Crippen LogP contribution in [0.5, 0.6) is 11.5 Å². The van der Waals surface area contributed by atoms with Crippen molar-refractivity contribution in [1.29, 1.82) is 0 Å². The van der Waals surface area contributed by atoms with Gasteiger partial charge >= 0.3 is 0 Å². The third kappa shape index (κ3) is 2.58. The minimum atomic E-state index is -0.256. The Bertz CT molecular complexity index is 826. The maximum absolute atomic E-state index is 12.3. The summed E-state index contributed by atoms with van der Waals surface area (Å²) in [6.07, 6.45) is 1.35. The largest absolute Gasteiger partial charge is 0.497 e. The van der Waals surface area contributed by atoms with E-state index in [9.17, 15) is 4.79 Å². The molecule has 0 saturated carbocycles. The lowest BCUT2D eigenvalue weighted by Gasteiger charge is -2.11. The molecule has 1 amide bonds. The number of ether oxygens (including phenoxy) is 2. The summed E-state index contributed by atoms with van der Waals surface area (Å²) >= 11 is 0. The van der Waals surface area contributed by atoms with E-state index in [2.05, 4.69) is 10.3 Å². The second-order valence-corrected chi connectivity index (χ2v) is 4.56. The standard InChI is InChI=1S/C16H14N2O4/c1-20-11-4-5-12(15(8-11)21-2)18-16(19)10-3-6-14-13(7-10)17-9-22-14/h3-9H,1-2H3,(H,18,19). The molecule has 3 aromatic rings. The molecule has 1 aromatic heterocycles.